The summed E-state index contributed by atoms with van der Waals surface area (Å²) >= 11 is 0. The summed E-state index contributed by atoms with van der Waals surface area (Å²) in [6.45, 7) is 17.6. The Kier molecular flexibility index (Phi) is 5.41. The maximum atomic E-state index is 13.5. The average Bonchev–Trinajstić information content (AvgIpc) is 2.77. The standard InChI is InChI=1S/C25H45N3O3/c1-20(2)14-24(15-21(3,4)27-20)19(29)26-25(31-24)16-22(5,6)28(23(7,8)17-25)30-18-12-10-9-11-13-18/h18,27H,9-17H2,1-8H3,(H,26,29). The predicted octanol–water partition coefficient (Wildman–Crippen LogP) is 4.43. The van der Waals surface area contributed by atoms with Gasteiger partial charge in [0, 0.05) is 47.8 Å². The summed E-state index contributed by atoms with van der Waals surface area (Å²) in [6, 6.07) is 0. The monoisotopic (exact) mass is 435 g/mol. The minimum atomic E-state index is -0.781. The van der Waals surface area contributed by atoms with Crippen molar-refractivity contribution in [3.63, 3.8) is 0 Å². The number of hydrogen-bond acceptors (Lipinski definition) is 5. The molecule has 6 nitrogen and oxygen atoms in total. The number of nitrogens with zero attached hydrogens (tertiary/aromatic N) is 1. The highest BCUT2D eigenvalue weighted by Gasteiger charge is 2.65. The van der Waals surface area contributed by atoms with Crippen LogP contribution in [0.2, 0.25) is 0 Å². The molecule has 1 saturated carbocycles. The predicted molar refractivity (Wildman–Crippen MR) is 122 cm³/mol. The number of rotatable bonds is 2. The zero-order valence-corrected chi connectivity index (χ0v) is 21.1. The maximum absolute atomic E-state index is 13.5. The Labute approximate surface area is 189 Å². The number of amides is 1. The molecular formula is C25H45N3O3. The lowest BCUT2D eigenvalue weighted by Crippen LogP contribution is -2.69. The Hall–Kier alpha value is -0.690. The van der Waals surface area contributed by atoms with E-state index >= 15 is 0 Å². The Balaban J connectivity index is 1.59. The highest BCUT2D eigenvalue weighted by molar-refractivity contribution is 5.88. The molecule has 4 rings (SSSR count). The molecule has 178 valence electrons. The van der Waals surface area contributed by atoms with Crippen molar-refractivity contribution in [1.82, 2.24) is 15.7 Å². The summed E-state index contributed by atoms with van der Waals surface area (Å²) in [4.78, 5) is 20.2. The molecule has 4 fully saturated rings. The van der Waals surface area contributed by atoms with E-state index in [4.69, 9.17) is 9.57 Å². The molecule has 4 aliphatic rings. The quantitative estimate of drug-likeness (QED) is 0.672. The van der Waals surface area contributed by atoms with Gasteiger partial charge >= 0.3 is 0 Å². The fourth-order valence-corrected chi connectivity index (χ4v) is 7.68. The fourth-order valence-electron chi connectivity index (χ4n) is 7.68. The Morgan fingerprint density at radius 1 is 0.839 bits per heavy atom. The molecule has 3 aliphatic heterocycles. The van der Waals surface area contributed by atoms with E-state index in [0.29, 0.717) is 18.9 Å². The van der Waals surface area contributed by atoms with Gasteiger partial charge in [-0.05, 0) is 68.2 Å². The Bertz CT molecular complexity index is 688. The first-order chi connectivity index (χ1) is 14.1. The third kappa shape index (κ3) is 4.42. The van der Waals surface area contributed by atoms with Crippen LogP contribution in [0.4, 0.5) is 0 Å². The third-order valence-corrected chi connectivity index (χ3v) is 7.62. The van der Waals surface area contributed by atoms with E-state index in [1.54, 1.807) is 0 Å². The molecule has 31 heavy (non-hydrogen) atoms. The van der Waals surface area contributed by atoms with Crippen LogP contribution in [0.1, 0.15) is 113 Å². The number of carbonyl (C=O) groups excluding carboxylic acids is 1. The van der Waals surface area contributed by atoms with Crippen LogP contribution in [-0.2, 0) is 14.4 Å². The van der Waals surface area contributed by atoms with E-state index < -0.39 is 11.3 Å². The van der Waals surface area contributed by atoms with Gasteiger partial charge < -0.3 is 15.4 Å². The molecule has 1 aliphatic carbocycles. The topological polar surface area (TPSA) is 62.8 Å². The zero-order valence-electron chi connectivity index (χ0n) is 21.1. The molecule has 0 aromatic carbocycles. The van der Waals surface area contributed by atoms with E-state index in [2.05, 4.69) is 71.1 Å². The van der Waals surface area contributed by atoms with Crippen LogP contribution in [0, 0.1) is 0 Å². The molecule has 0 aromatic rings. The highest BCUT2D eigenvalue weighted by Crippen LogP contribution is 2.52. The van der Waals surface area contributed by atoms with Gasteiger partial charge in [-0.3, -0.25) is 9.63 Å². The molecule has 2 spiro atoms. The van der Waals surface area contributed by atoms with Crippen molar-refractivity contribution in [3.05, 3.63) is 0 Å². The van der Waals surface area contributed by atoms with Crippen LogP contribution in [0.25, 0.3) is 0 Å². The molecule has 3 saturated heterocycles. The lowest BCUT2D eigenvalue weighted by atomic mass is 9.72. The number of hydroxylamine groups is 2. The summed E-state index contributed by atoms with van der Waals surface area (Å²) in [6.07, 6.45) is 9.21. The first-order valence-corrected chi connectivity index (χ1v) is 12.4. The van der Waals surface area contributed by atoms with Crippen molar-refractivity contribution < 1.29 is 14.4 Å². The molecule has 1 amide bonds. The number of nitrogens with one attached hydrogen (secondary N) is 2. The molecule has 0 bridgehead atoms. The first-order valence-electron chi connectivity index (χ1n) is 12.4. The summed E-state index contributed by atoms with van der Waals surface area (Å²) in [5, 5.41) is 9.30. The summed E-state index contributed by atoms with van der Waals surface area (Å²) < 4.78 is 6.93. The molecule has 0 aromatic heterocycles. The van der Waals surface area contributed by atoms with Crippen LogP contribution in [0.15, 0.2) is 0 Å². The van der Waals surface area contributed by atoms with E-state index in [0.717, 1.165) is 25.7 Å². The number of piperidine rings is 2. The zero-order chi connectivity index (χ0) is 22.9. The minimum absolute atomic E-state index is 0.0587. The second-order valence-corrected chi connectivity index (χ2v) is 13.4. The van der Waals surface area contributed by atoms with Crippen LogP contribution in [0.5, 0.6) is 0 Å². The number of carbonyl (C=O) groups is 1. The maximum Gasteiger partial charge on any atom is 0.254 e. The molecule has 3 heterocycles. The lowest BCUT2D eigenvalue weighted by Gasteiger charge is -2.58. The fraction of sp³-hybridized carbons (Fsp3) is 0.960. The third-order valence-electron chi connectivity index (χ3n) is 7.62. The van der Waals surface area contributed by atoms with Crippen molar-refractivity contribution >= 4 is 5.91 Å². The average molecular weight is 436 g/mol. The van der Waals surface area contributed by atoms with Gasteiger partial charge in [-0.1, -0.05) is 19.3 Å². The lowest BCUT2D eigenvalue weighted by molar-refractivity contribution is -0.336. The minimum Gasteiger partial charge on any atom is -0.339 e. The van der Waals surface area contributed by atoms with E-state index in [1.807, 2.05) is 0 Å². The van der Waals surface area contributed by atoms with Crippen LogP contribution in [0.3, 0.4) is 0 Å². The van der Waals surface area contributed by atoms with Crippen molar-refractivity contribution in [2.24, 2.45) is 0 Å². The molecule has 0 unspecified atom stereocenters. The Morgan fingerprint density at radius 3 is 1.87 bits per heavy atom. The second kappa shape index (κ2) is 7.15. The van der Waals surface area contributed by atoms with Crippen molar-refractivity contribution in [3.8, 4) is 0 Å². The molecular weight excluding hydrogens is 390 g/mol. The van der Waals surface area contributed by atoms with Gasteiger partial charge in [-0.25, -0.2) is 0 Å². The number of ether oxygens (including phenoxy) is 1. The van der Waals surface area contributed by atoms with E-state index in [-0.39, 0.29) is 28.1 Å². The van der Waals surface area contributed by atoms with Crippen LogP contribution >= 0.6 is 0 Å². The van der Waals surface area contributed by atoms with Gasteiger partial charge in [0.05, 0.1) is 6.10 Å². The first kappa shape index (κ1) is 23.5. The van der Waals surface area contributed by atoms with Gasteiger partial charge in [-0.2, -0.15) is 5.06 Å². The smallest absolute Gasteiger partial charge is 0.254 e. The molecule has 6 heteroatoms. The van der Waals surface area contributed by atoms with Crippen LogP contribution < -0.4 is 10.6 Å². The summed E-state index contributed by atoms with van der Waals surface area (Å²) in [5.74, 6) is 0.0587. The van der Waals surface area contributed by atoms with Gasteiger partial charge in [0.2, 0.25) is 0 Å². The van der Waals surface area contributed by atoms with Gasteiger partial charge in [0.15, 0.2) is 5.60 Å². The summed E-state index contributed by atoms with van der Waals surface area (Å²) in [7, 11) is 0. The second-order valence-electron chi connectivity index (χ2n) is 13.4. The van der Waals surface area contributed by atoms with Crippen molar-refractivity contribution in [2.45, 2.75) is 153 Å². The molecule has 0 atom stereocenters. The van der Waals surface area contributed by atoms with E-state index in [1.165, 1.54) is 19.3 Å². The van der Waals surface area contributed by atoms with Gasteiger partial charge in [0.1, 0.15) is 5.72 Å². The van der Waals surface area contributed by atoms with Crippen LogP contribution in [-0.4, -0.2) is 50.6 Å². The molecule has 2 N–H and O–H groups in total. The summed E-state index contributed by atoms with van der Waals surface area (Å²) in [5.41, 5.74) is -2.27. The van der Waals surface area contributed by atoms with E-state index in [9.17, 15) is 4.79 Å². The van der Waals surface area contributed by atoms with Gasteiger partial charge in [-0.15, -0.1) is 0 Å². The van der Waals surface area contributed by atoms with Gasteiger partial charge in [0.25, 0.3) is 5.91 Å². The van der Waals surface area contributed by atoms with Crippen molar-refractivity contribution in [1.29, 1.82) is 0 Å². The normalized spacial score (nSPS) is 33.5. The number of hydrogen-bond donors (Lipinski definition) is 2. The largest absolute Gasteiger partial charge is 0.339 e. The van der Waals surface area contributed by atoms with Crippen molar-refractivity contribution in [2.75, 3.05) is 0 Å². The SMILES string of the molecule is CC1(C)CC2(CC(C)(C)N1)OC1(CC(C)(C)N(OC3CCCCC3)C(C)(C)C1)NC2=O. The Morgan fingerprint density at radius 2 is 1.35 bits per heavy atom. The highest BCUT2D eigenvalue weighted by atomic mass is 16.7. The molecule has 0 radical (unpaired) electrons.